The quantitative estimate of drug-likeness (QED) is 0.397. The Morgan fingerprint density at radius 1 is 1.00 bits per heavy atom. The summed E-state index contributed by atoms with van der Waals surface area (Å²) in [5, 5.41) is 3.17. The monoisotopic (exact) mass is 438 g/mol. The number of guanidine groups is 1. The molecule has 5 heteroatoms. The fraction of sp³-hybridized carbons (Fsp3) is 0.316. The summed E-state index contributed by atoms with van der Waals surface area (Å²) in [7, 11) is 4.14. The molecule has 3 N–H and O–H groups in total. The van der Waals surface area contributed by atoms with Crippen LogP contribution in [0.1, 0.15) is 16.7 Å². The van der Waals surface area contributed by atoms with Gasteiger partial charge >= 0.3 is 0 Å². The molecule has 2 rings (SSSR count). The average molecular weight is 438 g/mol. The molecule has 4 nitrogen and oxygen atoms in total. The molecule has 0 saturated heterocycles. The lowest BCUT2D eigenvalue weighted by Gasteiger charge is -2.10. The molecule has 2 aromatic carbocycles. The first kappa shape index (κ1) is 20.4. The molecular formula is C19H27IN4. The second kappa shape index (κ2) is 11.0. The molecule has 0 aliphatic rings. The third kappa shape index (κ3) is 7.79. The van der Waals surface area contributed by atoms with Gasteiger partial charge in [-0.15, -0.1) is 24.0 Å². The molecule has 130 valence electrons. The summed E-state index contributed by atoms with van der Waals surface area (Å²) in [6, 6.07) is 18.8. The highest BCUT2D eigenvalue weighted by Crippen LogP contribution is 2.08. The SMILES string of the molecule is CN(C)Cc1cccc(CN=C(N)NCCc2ccccc2)c1.I. The van der Waals surface area contributed by atoms with Crippen LogP contribution in [0.5, 0.6) is 0 Å². The fourth-order valence-corrected chi connectivity index (χ4v) is 2.40. The number of benzene rings is 2. The van der Waals surface area contributed by atoms with Crippen molar-refractivity contribution in [3.63, 3.8) is 0 Å². The Hall–Kier alpha value is -1.60. The summed E-state index contributed by atoms with van der Waals surface area (Å²) in [5.41, 5.74) is 9.70. The van der Waals surface area contributed by atoms with E-state index in [9.17, 15) is 0 Å². The molecule has 0 unspecified atom stereocenters. The van der Waals surface area contributed by atoms with Crippen molar-refractivity contribution in [2.45, 2.75) is 19.5 Å². The molecule has 0 bridgehead atoms. The van der Waals surface area contributed by atoms with Crippen molar-refractivity contribution in [3.8, 4) is 0 Å². The second-order valence-electron chi connectivity index (χ2n) is 5.92. The zero-order chi connectivity index (χ0) is 16.5. The number of nitrogens with one attached hydrogen (secondary N) is 1. The smallest absolute Gasteiger partial charge is 0.188 e. The van der Waals surface area contributed by atoms with Gasteiger partial charge in [0.25, 0.3) is 0 Å². The molecule has 0 atom stereocenters. The highest BCUT2D eigenvalue weighted by atomic mass is 127. The molecule has 0 fully saturated rings. The molecule has 0 heterocycles. The van der Waals surface area contributed by atoms with Crippen molar-refractivity contribution in [2.24, 2.45) is 10.7 Å². The first-order valence-electron chi connectivity index (χ1n) is 7.94. The van der Waals surface area contributed by atoms with E-state index in [0.717, 1.165) is 19.5 Å². The van der Waals surface area contributed by atoms with Gasteiger partial charge in [0.15, 0.2) is 5.96 Å². The van der Waals surface area contributed by atoms with E-state index in [2.05, 4.69) is 65.7 Å². The molecular weight excluding hydrogens is 411 g/mol. The lowest BCUT2D eigenvalue weighted by molar-refractivity contribution is 0.402. The van der Waals surface area contributed by atoms with Gasteiger partial charge < -0.3 is 16.0 Å². The molecule has 0 aliphatic carbocycles. The minimum absolute atomic E-state index is 0. The van der Waals surface area contributed by atoms with Crippen molar-refractivity contribution in [2.75, 3.05) is 20.6 Å². The largest absolute Gasteiger partial charge is 0.370 e. The number of hydrogen-bond donors (Lipinski definition) is 2. The van der Waals surface area contributed by atoms with E-state index in [1.54, 1.807) is 0 Å². The molecule has 0 aliphatic heterocycles. The highest BCUT2D eigenvalue weighted by molar-refractivity contribution is 14.0. The van der Waals surface area contributed by atoms with Crippen molar-refractivity contribution >= 4 is 29.9 Å². The number of nitrogens with zero attached hydrogens (tertiary/aromatic N) is 2. The van der Waals surface area contributed by atoms with Crippen molar-refractivity contribution in [1.29, 1.82) is 0 Å². The van der Waals surface area contributed by atoms with E-state index in [-0.39, 0.29) is 24.0 Å². The van der Waals surface area contributed by atoms with Crippen LogP contribution in [0.2, 0.25) is 0 Å². The molecule has 2 aromatic rings. The Labute approximate surface area is 162 Å². The Bertz CT molecular complexity index is 626. The maximum Gasteiger partial charge on any atom is 0.188 e. The van der Waals surface area contributed by atoms with Crippen LogP contribution in [0.15, 0.2) is 59.6 Å². The third-order valence-electron chi connectivity index (χ3n) is 3.48. The van der Waals surface area contributed by atoms with Crippen molar-refractivity contribution < 1.29 is 0 Å². The van der Waals surface area contributed by atoms with Crippen molar-refractivity contribution in [3.05, 3.63) is 71.3 Å². The molecule has 0 aromatic heterocycles. The van der Waals surface area contributed by atoms with E-state index < -0.39 is 0 Å². The first-order chi connectivity index (χ1) is 11.1. The van der Waals surface area contributed by atoms with E-state index >= 15 is 0 Å². The summed E-state index contributed by atoms with van der Waals surface area (Å²) in [6.45, 7) is 2.33. The molecule has 0 radical (unpaired) electrons. The Balaban J connectivity index is 0.00000288. The van der Waals surface area contributed by atoms with E-state index in [0.29, 0.717) is 12.5 Å². The number of halogens is 1. The van der Waals surface area contributed by atoms with Crippen LogP contribution in [-0.2, 0) is 19.5 Å². The van der Waals surface area contributed by atoms with Gasteiger partial charge in [-0.25, -0.2) is 4.99 Å². The van der Waals surface area contributed by atoms with Crippen LogP contribution >= 0.6 is 24.0 Å². The summed E-state index contributed by atoms with van der Waals surface area (Å²) >= 11 is 0. The zero-order valence-electron chi connectivity index (χ0n) is 14.4. The number of hydrogen-bond acceptors (Lipinski definition) is 2. The Kier molecular flexibility index (Phi) is 9.41. The highest BCUT2D eigenvalue weighted by Gasteiger charge is 1.98. The topological polar surface area (TPSA) is 53.6 Å². The van der Waals surface area contributed by atoms with Gasteiger partial charge in [0.1, 0.15) is 0 Å². The fourth-order valence-electron chi connectivity index (χ4n) is 2.40. The van der Waals surface area contributed by atoms with E-state index in [1.165, 1.54) is 16.7 Å². The summed E-state index contributed by atoms with van der Waals surface area (Å²) in [5.74, 6) is 0.499. The lowest BCUT2D eigenvalue weighted by atomic mass is 10.1. The third-order valence-corrected chi connectivity index (χ3v) is 3.48. The van der Waals surface area contributed by atoms with Crippen LogP contribution < -0.4 is 11.1 Å². The minimum Gasteiger partial charge on any atom is -0.370 e. The van der Waals surface area contributed by atoms with Gasteiger partial charge in [0, 0.05) is 13.1 Å². The lowest BCUT2D eigenvalue weighted by Crippen LogP contribution is -2.33. The maximum atomic E-state index is 5.94. The molecule has 24 heavy (non-hydrogen) atoms. The van der Waals surface area contributed by atoms with Gasteiger partial charge in [0.05, 0.1) is 6.54 Å². The summed E-state index contributed by atoms with van der Waals surface area (Å²) in [6.07, 6.45) is 0.940. The Morgan fingerprint density at radius 2 is 1.67 bits per heavy atom. The van der Waals surface area contributed by atoms with Gasteiger partial charge in [0.2, 0.25) is 0 Å². The minimum atomic E-state index is 0. The van der Waals surface area contributed by atoms with Crippen LogP contribution in [0, 0.1) is 0 Å². The number of aliphatic imine (C=N–C) groups is 1. The predicted octanol–water partition coefficient (Wildman–Crippen LogP) is 3.01. The summed E-state index contributed by atoms with van der Waals surface area (Å²) < 4.78 is 0. The van der Waals surface area contributed by atoms with Crippen LogP contribution in [0.3, 0.4) is 0 Å². The Morgan fingerprint density at radius 3 is 2.38 bits per heavy atom. The second-order valence-corrected chi connectivity index (χ2v) is 5.92. The van der Waals surface area contributed by atoms with Crippen LogP contribution in [0.4, 0.5) is 0 Å². The molecule has 0 saturated carbocycles. The predicted molar refractivity (Wildman–Crippen MR) is 113 cm³/mol. The standard InChI is InChI=1S/C19H26N4.HI/c1-23(2)15-18-10-6-9-17(13-18)14-22-19(20)21-12-11-16-7-4-3-5-8-16;/h3-10,13H,11-12,14-15H2,1-2H3,(H3,20,21,22);1H. The van der Waals surface area contributed by atoms with Gasteiger partial charge in [-0.1, -0.05) is 54.6 Å². The van der Waals surface area contributed by atoms with Gasteiger partial charge in [-0.05, 0) is 37.2 Å². The van der Waals surface area contributed by atoms with Crippen molar-refractivity contribution in [1.82, 2.24) is 10.2 Å². The molecule has 0 amide bonds. The molecule has 0 spiro atoms. The summed E-state index contributed by atoms with van der Waals surface area (Å²) in [4.78, 5) is 6.57. The van der Waals surface area contributed by atoms with Gasteiger partial charge in [-0.2, -0.15) is 0 Å². The zero-order valence-corrected chi connectivity index (χ0v) is 16.7. The van der Waals surface area contributed by atoms with E-state index in [4.69, 9.17) is 5.73 Å². The normalized spacial score (nSPS) is 11.2. The van der Waals surface area contributed by atoms with Crippen LogP contribution in [0.25, 0.3) is 0 Å². The first-order valence-corrected chi connectivity index (χ1v) is 7.94. The van der Waals surface area contributed by atoms with Crippen LogP contribution in [-0.4, -0.2) is 31.5 Å². The number of nitrogens with two attached hydrogens (primary N) is 1. The number of rotatable bonds is 7. The van der Waals surface area contributed by atoms with E-state index in [1.807, 2.05) is 18.2 Å². The maximum absolute atomic E-state index is 5.94. The van der Waals surface area contributed by atoms with Gasteiger partial charge in [-0.3, -0.25) is 0 Å². The average Bonchev–Trinajstić information content (AvgIpc) is 2.54.